The highest BCUT2D eigenvalue weighted by molar-refractivity contribution is 6.14. The molecule has 0 bridgehead atoms. The molecule has 0 atom stereocenters. The maximum Gasteiger partial charge on any atom is 0.228 e. The topological polar surface area (TPSA) is 26.0 Å². The van der Waals surface area contributed by atoms with Gasteiger partial charge in [0, 0.05) is 0 Å². The Morgan fingerprint density at radius 1 is 0.667 bits per heavy atom. The summed E-state index contributed by atoms with van der Waals surface area (Å²) >= 11 is 0. The molecule has 0 aliphatic heterocycles. The maximum absolute atomic E-state index is 6.10. The maximum atomic E-state index is 6.10. The fourth-order valence-electron chi connectivity index (χ4n) is 3.56. The molecule has 0 spiro atoms. The van der Waals surface area contributed by atoms with Gasteiger partial charge >= 0.3 is 0 Å². The van der Waals surface area contributed by atoms with Gasteiger partial charge in [-0.2, -0.15) is 0 Å². The van der Waals surface area contributed by atoms with Crippen molar-refractivity contribution in [1.82, 2.24) is 4.98 Å². The summed E-state index contributed by atoms with van der Waals surface area (Å²) in [6.45, 7) is 2.18. The van der Waals surface area contributed by atoms with Crippen LogP contribution >= 0.6 is 0 Å². The van der Waals surface area contributed by atoms with Gasteiger partial charge in [-0.1, -0.05) is 60.7 Å². The number of hydrogen-bond donors (Lipinski definition) is 0. The lowest BCUT2D eigenvalue weighted by Gasteiger charge is -2.12. The van der Waals surface area contributed by atoms with Crippen LogP contribution in [0.5, 0.6) is 0 Å². The molecule has 0 radical (unpaired) electrons. The molecule has 2 heteroatoms. The average molecular weight is 309 g/mol. The number of aryl methyl sites for hydroxylation is 1. The van der Waals surface area contributed by atoms with E-state index in [1.54, 1.807) is 0 Å². The van der Waals surface area contributed by atoms with E-state index in [2.05, 4.69) is 55.5 Å². The minimum atomic E-state index is 0.684. The highest BCUT2D eigenvalue weighted by Crippen LogP contribution is 2.39. The van der Waals surface area contributed by atoms with Crippen molar-refractivity contribution >= 4 is 32.6 Å². The first-order valence-corrected chi connectivity index (χ1v) is 8.09. The molecule has 5 aromatic rings. The summed E-state index contributed by atoms with van der Waals surface area (Å²) in [7, 11) is 0. The van der Waals surface area contributed by atoms with Gasteiger partial charge in [0.2, 0.25) is 5.89 Å². The summed E-state index contributed by atoms with van der Waals surface area (Å²) in [5.74, 6) is 0.684. The molecule has 0 aliphatic rings. The summed E-state index contributed by atoms with van der Waals surface area (Å²) in [5.41, 5.74) is 4.08. The van der Waals surface area contributed by atoms with Crippen molar-refractivity contribution in [2.24, 2.45) is 0 Å². The van der Waals surface area contributed by atoms with Gasteiger partial charge in [-0.15, -0.1) is 0 Å². The van der Waals surface area contributed by atoms with E-state index in [0.717, 1.165) is 16.7 Å². The Labute approximate surface area is 139 Å². The SMILES string of the molecule is Cc1c2ccccc2c(-c2nc3ccccc3o2)c2ccccc12. The van der Waals surface area contributed by atoms with Gasteiger partial charge in [0.15, 0.2) is 5.58 Å². The van der Waals surface area contributed by atoms with Crippen molar-refractivity contribution in [3.8, 4) is 11.5 Å². The third-order valence-corrected chi connectivity index (χ3v) is 4.71. The second kappa shape index (κ2) is 4.93. The van der Waals surface area contributed by atoms with Crippen LogP contribution in [-0.2, 0) is 0 Å². The normalized spacial score (nSPS) is 11.5. The molecular formula is C22H15NO. The monoisotopic (exact) mass is 309 g/mol. The molecule has 4 aromatic carbocycles. The van der Waals surface area contributed by atoms with E-state index in [-0.39, 0.29) is 0 Å². The van der Waals surface area contributed by atoms with E-state index >= 15 is 0 Å². The molecule has 2 nitrogen and oxygen atoms in total. The Bertz CT molecular complexity index is 1130. The minimum absolute atomic E-state index is 0.684. The fourth-order valence-corrected chi connectivity index (χ4v) is 3.56. The highest BCUT2D eigenvalue weighted by Gasteiger charge is 2.17. The molecule has 0 saturated heterocycles. The summed E-state index contributed by atoms with van der Waals surface area (Å²) in [6, 6.07) is 24.9. The Morgan fingerprint density at radius 2 is 1.21 bits per heavy atom. The van der Waals surface area contributed by atoms with E-state index in [1.807, 2.05) is 24.3 Å². The largest absolute Gasteiger partial charge is 0.436 e. The summed E-state index contributed by atoms with van der Waals surface area (Å²) in [4.78, 5) is 4.75. The summed E-state index contributed by atoms with van der Waals surface area (Å²) in [6.07, 6.45) is 0. The van der Waals surface area contributed by atoms with Crippen LogP contribution in [0.2, 0.25) is 0 Å². The van der Waals surface area contributed by atoms with Crippen molar-refractivity contribution in [1.29, 1.82) is 0 Å². The summed E-state index contributed by atoms with van der Waals surface area (Å²) in [5, 5.41) is 4.85. The smallest absolute Gasteiger partial charge is 0.228 e. The van der Waals surface area contributed by atoms with Crippen LogP contribution in [0.3, 0.4) is 0 Å². The molecule has 24 heavy (non-hydrogen) atoms. The summed E-state index contributed by atoms with van der Waals surface area (Å²) < 4.78 is 6.10. The quantitative estimate of drug-likeness (QED) is 0.349. The molecule has 1 heterocycles. The lowest BCUT2D eigenvalue weighted by Crippen LogP contribution is -1.89. The fraction of sp³-hybridized carbons (Fsp3) is 0.0455. The Hall–Kier alpha value is -3.13. The molecule has 114 valence electrons. The molecule has 0 fully saturated rings. The second-order valence-corrected chi connectivity index (χ2v) is 6.08. The first-order valence-electron chi connectivity index (χ1n) is 8.09. The predicted molar refractivity (Wildman–Crippen MR) is 99.2 cm³/mol. The number of nitrogens with zero attached hydrogens (tertiary/aromatic N) is 1. The highest BCUT2D eigenvalue weighted by atomic mass is 16.3. The first kappa shape index (κ1) is 13.3. The van der Waals surface area contributed by atoms with Crippen LogP contribution in [0.25, 0.3) is 44.1 Å². The standard InChI is InChI=1S/C22H15NO/c1-14-15-8-2-4-10-17(15)21(18-11-5-3-9-16(14)18)22-23-19-12-6-7-13-20(19)24-22/h2-13H,1H3. The van der Waals surface area contributed by atoms with Crippen molar-refractivity contribution in [2.45, 2.75) is 6.92 Å². The lowest BCUT2D eigenvalue weighted by molar-refractivity contribution is 0.621. The lowest BCUT2D eigenvalue weighted by atomic mass is 9.92. The van der Waals surface area contributed by atoms with Gasteiger partial charge in [0.1, 0.15) is 5.52 Å². The zero-order chi connectivity index (χ0) is 16.1. The number of oxazole rings is 1. The third kappa shape index (κ3) is 1.80. The van der Waals surface area contributed by atoms with Crippen LogP contribution in [0.15, 0.2) is 77.2 Å². The van der Waals surface area contributed by atoms with E-state index in [1.165, 1.54) is 27.1 Å². The molecule has 5 rings (SSSR count). The zero-order valence-electron chi connectivity index (χ0n) is 13.3. The number of fused-ring (bicyclic) bond motifs is 3. The van der Waals surface area contributed by atoms with Gasteiger partial charge in [0.05, 0.1) is 5.56 Å². The number of para-hydroxylation sites is 2. The van der Waals surface area contributed by atoms with Crippen molar-refractivity contribution in [2.75, 3.05) is 0 Å². The van der Waals surface area contributed by atoms with Crippen LogP contribution in [-0.4, -0.2) is 4.98 Å². The Morgan fingerprint density at radius 3 is 1.83 bits per heavy atom. The number of rotatable bonds is 1. The molecule has 0 unspecified atom stereocenters. The second-order valence-electron chi connectivity index (χ2n) is 6.08. The van der Waals surface area contributed by atoms with Crippen molar-refractivity contribution < 1.29 is 4.42 Å². The van der Waals surface area contributed by atoms with Gasteiger partial charge in [0.25, 0.3) is 0 Å². The van der Waals surface area contributed by atoms with Gasteiger partial charge < -0.3 is 4.42 Å². The molecule has 0 amide bonds. The van der Waals surface area contributed by atoms with E-state index in [4.69, 9.17) is 9.40 Å². The Balaban J connectivity index is 2.00. The Kier molecular flexibility index (Phi) is 2.74. The van der Waals surface area contributed by atoms with E-state index in [9.17, 15) is 0 Å². The van der Waals surface area contributed by atoms with Crippen molar-refractivity contribution in [3.63, 3.8) is 0 Å². The molecule has 1 aromatic heterocycles. The van der Waals surface area contributed by atoms with Gasteiger partial charge in [-0.05, 0) is 46.2 Å². The van der Waals surface area contributed by atoms with Crippen LogP contribution in [0, 0.1) is 6.92 Å². The van der Waals surface area contributed by atoms with E-state index in [0.29, 0.717) is 5.89 Å². The first-order chi connectivity index (χ1) is 11.8. The molecular weight excluding hydrogens is 294 g/mol. The predicted octanol–water partition coefficient (Wildman–Crippen LogP) is 6.11. The van der Waals surface area contributed by atoms with E-state index < -0.39 is 0 Å². The van der Waals surface area contributed by atoms with Gasteiger partial charge in [-0.25, -0.2) is 4.98 Å². The average Bonchev–Trinajstić information content (AvgIpc) is 3.06. The van der Waals surface area contributed by atoms with Crippen molar-refractivity contribution in [3.05, 3.63) is 78.4 Å². The van der Waals surface area contributed by atoms with Crippen LogP contribution in [0.4, 0.5) is 0 Å². The zero-order valence-corrected chi connectivity index (χ0v) is 13.3. The third-order valence-electron chi connectivity index (χ3n) is 4.71. The number of hydrogen-bond acceptors (Lipinski definition) is 2. The molecule has 0 N–H and O–H groups in total. The molecule has 0 saturated carbocycles. The molecule has 0 aliphatic carbocycles. The minimum Gasteiger partial charge on any atom is -0.436 e. The number of aromatic nitrogens is 1. The van der Waals surface area contributed by atoms with Crippen LogP contribution in [0.1, 0.15) is 5.56 Å². The van der Waals surface area contributed by atoms with Gasteiger partial charge in [-0.3, -0.25) is 0 Å². The number of benzene rings is 4. The van der Waals surface area contributed by atoms with Crippen LogP contribution < -0.4 is 0 Å².